The van der Waals surface area contributed by atoms with Gasteiger partial charge in [0.05, 0.1) is 0 Å². The number of hydrogen-bond acceptors (Lipinski definition) is 11. The van der Waals surface area contributed by atoms with Gasteiger partial charge in [-0.2, -0.15) is 0 Å². The van der Waals surface area contributed by atoms with Crippen molar-refractivity contribution in [3.05, 3.63) is 11.5 Å². The molecule has 0 N–H and O–H groups in total. The molecule has 150 valence electrons. The van der Waals surface area contributed by atoms with Crippen molar-refractivity contribution in [2.24, 2.45) is 0 Å². The molecule has 0 amide bonds. The molecule has 0 saturated heterocycles. The Kier molecular flexibility index (Phi) is 8.44. The van der Waals surface area contributed by atoms with Crippen molar-refractivity contribution < 1.29 is 47.7 Å². The Morgan fingerprint density at radius 1 is 0.852 bits per heavy atom. The summed E-state index contributed by atoms with van der Waals surface area (Å²) in [6, 6.07) is 0. The Morgan fingerprint density at radius 3 is 1.85 bits per heavy atom. The molecular weight excluding hydrogens is 384 g/mol. The second-order valence-corrected chi connectivity index (χ2v) is 6.60. The van der Waals surface area contributed by atoms with Crippen LogP contribution in [0.4, 0.5) is 0 Å². The number of hydrogen-bond donors (Lipinski definition) is 0. The van der Waals surface area contributed by atoms with E-state index >= 15 is 0 Å². The lowest BCUT2D eigenvalue weighted by Crippen LogP contribution is -2.47. The molecule has 0 aromatic rings. The fourth-order valence-electron chi connectivity index (χ4n) is 2.10. The third-order valence-corrected chi connectivity index (χ3v) is 3.75. The van der Waals surface area contributed by atoms with E-state index in [2.05, 4.69) is 0 Å². The minimum atomic E-state index is -1.34. The molecule has 1 heterocycles. The van der Waals surface area contributed by atoms with Gasteiger partial charge in [-0.05, 0) is 11.8 Å². The van der Waals surface area contributed by atoms with Crippen molar-refractivity contribution in [3.8, 4) is 0 Å². The summed E-state index contributed by atoms with van der Waals surface area (Å²) in [5, 5.41) is -0.385. The van der Waals surface area contributed by atoms with Gasteiger partial charge in [0.15, 0.2) is 28.2 Å². The molecule has 1 aliphatic heterocycles. The Balaban J connectivity index is 3.45. The normalized spacial score (nSPS) is 21.9. The number of rotatable bonds is 6. The topological polar surface area (TPSA) is 132 Å². The molecule has 0 aromatic carbocycles. The van der Waals surface area contributed by atoms with E-state index in [1.807, 2.05) is 0 Å². The quantitative estimate of drug-likeness (QED) is 0.460. The fourth-order valence-corrected chi connectivity index (χ4v) is 2.87. The number of esters is 4. The molecular formula is C16H20O10S. The van der Waals surface area contributed by atoms with Crippen LogP contribution in [-0.4, -0.2) is 53.2 Å². The molecule has 0 saturated carbocycles. The van der Waals surface area contributed by atoms with E-state index in [-0.39, 0.29) is 23.2 Å². The van der Waals surface area contributed by atoms with Crippen LogP contribution in [0.5, 0.6) is 0 Å². The molecule has 1 aliphatic rings. The van der Waals surface area contributed by atoms with Gasteiger partial charge in [0.25, 0.3) is 0 Å². The van der Waals surface area contributed by atoms with Crippen LogP contribution in [-0.2, 0) is 47.7 Å². The van der Waals surface area contributed by atoms with Crippen molar-refractivity contribution in [1.29, 1.82) is 0 Å². The third-order valence-electron chi connectivity index (χ3n) is 2.88. The maximum Gasteiger partial charge on any atom is 0.307 e. The molecule has 0 fully saturated rings. The van der Waals surface area contributed by atoms with Crippen molar-refractivity contribution >= 4 is 40.8 Å². The van der Waals surface area contributed by atoms with Gasteiger partial charge in [-0.1, -0.05) is 0 Å². The maximum atomic E-state index is 11.5. The second kappa shape index (κ2) is 10.1. The SMILES string of the molecule is CC(=O)OCC1O[C@H](SC(C)=O)C(OC(C)=O)=C(OC(C)=O)[C@H]1OC(C)=O. The highest BCUT2D eigenvalue weighted by atomic mass is 32.2. The summed E-state index contributed by atoms with van der Waals surface area (Å²) in [5.41, 5.74) is -1.19. The van der Waals surface area contributed by atoms with E-state index in [1.165, 1.54) is 13.8 Å². The molecule has 0 bridgehead atoms. The van der Waals surface area contributed by atoms with Crippen LogP contribution in [0.3, 0.4) is 0 Å². The van der Waals surface area contributed by atoms with E-state index in [0.29, 0.717) is 11.8 Å². The zero-order valence-electron chi connectivity index (χ0n) is 15.4. The summed E-state index contributed by atoms with van der Waals surface area (Å²) in [7, 11) is 0. The lowest BCUT2D eigenvalue weighted by molar-refractivity contribution is -0.174. The van der Waals surface area contributed by atoms with Gasteiger partial charge in [0.2, 0.25) is 0 Å². The summed E-state index contributed by atoms with van der Waals surface area (Å²) in [6.07, 6.45) is -2.45. The largest absolute Gasteiger partial charge is 0.463 e. The average Bonchev–Trinajstić information content (AvgIpc) is 2.49. The molecule has 3 atom stereocenters. The molecule has 10 nitrogen and oxygen atoms in total. The molecule has 0 spiro atoms. The average molecular weight is 404 g/mol. The molecule has 0 aliphatic carbocycles. The predicted molar refractivity (Wildman–Crippen MR) is 89.7 cm³/mol. The number of thioether (sulfide) groups is 1. The van der Waals surface area contributed by atoms with Crippen LogP contribution in [0.2, 0.25) is 0 Å². The van der Waals surface area contributed by atoms with E-state index in [1.54, 1.807) is 0 Å². The lowest BCUT2D eigenvalue weighted by atomic mass is 10.1. The van der Waals surface area contributed by atoms with Gasteiger partial charge in [0, 0.05) is 34.6 Å². The minimum absolute atomic E-state index is 0.289. The number of carbonyl (C=O) groups is 5. The van der Waals surface area contributed by atoms with Gasteiger partial charge in [-0.3, -0.25) is 24.0 Å². The Hall–Kier alpha value is -2.40. The second-order valence-electron chi connectivity index (χ2n) is 5.36. The number of carbonyl (C=O) groups excluding carboxylic acids is 5. The van der Waals surface area contributed by atoms with Crippen LogP contribution in [0, 0.1) is 0 Å². The van der Waals surface area contributed by atoms with Crippen LogP contribution < -0.4 is 0 Å². The van der Waals surface area contributed by atoms with Crippen LogP contribution in [0.25, 0.3) is 0 Å². The molecule has 11 heteroatoms. The van der Waals surface area contributed by atoms with Crippen molar-refractivity contribution in [1.82, 2.24) is 0 Å². The standard InChI is InChI=1S/C16H20O10S/c1-7(17)22-6-12-13(23-8(2)18)14(24-9(3)19)15(25-10(4)20)16(26-12)27-11(5)21/h12-13,16H,6H2,1-5H3/t12?,13-,16+/m0/s1. The van der Waals surface area contributed by atoms with Crippen molar-refractivity contribution in [2.75, 3.05) is 6.61 Å². The van der Waals surface area contributed by atoms with Gasteiger partial charge < -0.3 is 23.7 Å². The van der Waals surface area contributed by atoms with Crippen LogP contribution >= 0.6 is 11.8 Å². The van der Waals surface area contributed by atoms with Crippen molar-refractivity contribution in [2.45, 2.75) is 52.3 Å². The van der Waals surface area contributed by atoms with E-state index in [9.17, 15) is 24.0 Å². The monoisotopic (exact) mass is 404 g/mol. The summed E-state index contributed by atoms with van der Waals surface area (Å²) in [5.74, 6) is -3.53. The zero-order chi connectivity index (χ0) is 20.7. The first-order chi connectivity index (χ1) is 12.5. The third kappa shape index (κ3) is 7.39. The van der Waals surface area contributed by atoms with E-state index in [0.717, 1.165) is 20.8 Å². The molecule has 27 heavy (non-hydrogen) atoms. The van der Waals surface area contributed by atoms with Gasteiger partial charge >= 0.3 is 23.9 Å². The van der Waals surface area contributed by atoms with Crippen molar-refractivity contribution in [3.63, 3.8) is 0 Å². The smallest absolute Gasteiger partial charge is 0.307 e. The summed E-state index contributed by atoms with van der Waals surface area (Å²) in [4.78, 5) is 57.2. The zero-order valence-corrected chi connectivity index (χ0v) is 16.2. The lowest BCUT2D eigenvalue weighted by Gasteiger charge is -2.36. The molecule has 0 radical (unpaired) electrons. The Labute approximate surface area is 159 Å². The molecule has 0 aromatic heterocycles. The predicted octanol–water partition coefficient (Wildman–Crippen LogP) is 0.824. The fraction of sp³-hybridized carbons (Fsp3) is 0.562. The van der Waals surface area contributed by atoms with Gasteiger partial charge in [-0.25, -0.2) is 0 Å². The van der Waals surface area contributed by atoms with Crippen LogP contribution in [0.15, 0.2) is 11.5 Å². The van der Waals surface area contributed by atoms with E-state index < -0.39 is 41.5 Å². The van der Waals surface area contributed by atoms with Crippen LogP contribution in [0.1, 0.15) is 34.6 Å². The molecule has 1 unspecified atom stereocenters. The first kappa shape index (κ1) is 22.6. The van der Waals surface area contributed by atoms with Gasteiger partial charge in [0.1, 0.15) is 12.7 Å². The highest BCUT2D eigenvalue weighted by molar-refractivity contribution is 8.14. The van der Waals surface area contributed by atoms with Gasteiger partial charge in [-0.15, -0.1) is 0 Å². The first-order valence-corrected chi connectivity index (χ1v) is 8.63. The summed E-state index contributed by atoms with van der Waals surface area (Å²) >= 11 is 0.647. The highest BCUT2D eigenvalue weighted by Gasteiger charge is 2.45. The maximum absolute atomic E-state index is 11.5. The van der Waals surface area contributed by atoms with E-state index in [4.69, 9.17) is 23.7 Å². The Bertz CT molecular complexity index is 668. The first-order valence-electron chi connectivity index (χ1n) is 7.75. The minimum Gasteiger partial charge on any atom is -0.463 e. The molecule has 1 rings (SSSR count). The highest BCUT2D eigenvalue weighted by Crippen LogP contribution is 2.36. The number of ether oxygens (including phenoxy) is 5. The summed E-state index contributed by atoms with van der Waals surface area (Å²) < 4.78 is 25.9. The summed E-state index contributed by atoms with van der Waals surface area (Å²) in [6.45, 7) is 5.35. The Morgan fingerprint density at radius 2 is 1.41 bits per heavy atom.